The fourth-order valence-corrected chi connectivity index (χ4v) is 4.73. The number of rotatable bonds is 8. The lowest BCUT2D eigenvalue weighted by Gasteiger charge is -2.22. The summed E-state index contributed by atoms with van der Waals surface area (Å²) in [7, 11) is -7.72. The Hall–Kier alpha value is -3.22. The Morgan fingerprint density at radius 2 is 1.59 bits per heavy atom. The Morgan fingerprint density at radius 1 is 0.969 bits per heavy atom. The van der Waals surface area contributed by atoms with Crippen LogP contribution in [0.5, 0.6) is 0 Å². The highest BCUT2D eigenvalue weighted by atomic mass is 35.5. The molecule has 0 saturated carbocycles. The van der Waals surface area contributed by atoms with Crippen LogP contribution in [0.25, 0.3) is 0 Å². The molecule has 10 nitrogen and oxygen atoms in total. The van der Waals surface area contributed by atoms with E-state index < -0.39 is 32.5 Å². The lowest BCUT2D eigenvalue weighted by molar-refractivity contribution is -0.114. The van der Waals surface area contributed by atoms with E-state index in [9.17, 15) is 21.6 Å². The molecule has 1 aromatic heterocycles. The smallest absolute Gasteiger partial charge is 0.264 e. The number of sulfonamides is 2. The number of nitrogens with zero attached hydrogens (tertiary/aromatic N) is 3. The molecule has 13 heteroatoms. The van der Waals surface area contributed by atoms with Gasteiger partial charge in [-0.2, -0.15) is 0 Å². The maximum absolute atomic E-state index is 12.5. The van der Waals surface area contributed by atoms with Crippen molar-refractivity contribution in [3.05, 3.63) is 72.0 Å². The van der Waals surface area contributed by atoms with E-state index in [0.717, 1.165) is 10.6 Å². The van der Waals surface area contributed by atoms with E-state index >= 15 is 0 Å². The molecule has 0 spiro atoms. The number of hydrogen-bond donors (Lipinski definition) is 2. The zero-order valence-corrected chi connectivity index (χ0v) is 19.0. The van der Waals surface area contributed by atoms with E-state index in [-0.39, 0.29) is 27.2 Å². The number of carbonyl (C=O) groups is 1. The third kappa shape index (κ3) is 5.93. The van der Waals surface area contributed by atoms with E-state index in [4.69, 9.17) is 11.6 Å². The van der Waals surface area contributed by atoms with Crippen LogP contribution in [-0.4, -0.2) is 45.5 Å². The van der Waals surface area contributed by atoms with Crippen LogP contribution in [0, 0.1) is 0 Å². The maximum atomic E-state index is 12.5. The topological polar surface area (TPSA) is 138 Å². The summed E-state index contributed by atoms with van der Waals surface area (Å²) < 4.78 is 52.3. The van der Waals surface area contributed by atoms with E-state index in [1.165, 1.54) is 48.8 Å². The Morgan fingerprint density at radius 3 is 2.19 bits per heavy atom. The zero-order chi connectivity index (χ0) is 23.4. The largest absolute Gasteiger partial charge is 0.325 e. The number of halogens is 1. The van der Waals surface area contributed by atoms with Crippen molar-refractivity contribution in [1.29, 1.82) is 0 Å². The fourth-order valence-electron chi connectivity index (χ4n) is 2.61. The second-order valence-electron chi connectivity index (χ2n) is 6.47. The predicted molar refractivity (Wildman–Crippen MR) is 122 cm³/mol. The number of anilines is 3. The highest BCUT2D eigenvalue weighted by Gasteiger charge is 2.23. The molecular weight excluding hydrogens is 478 g/mol. The maximum Gasteiger partial charge on any atom is 0.264 e. The first-order chi connectivity index (χ1) is 15.1. The molecule has 0 atom stereocenters. The van der Waals surface area contributed by atoms with Gasteiger partial charge in [0.25, 0.3) is 10.0 Å². The average molecular weight is 496 g/mol. The minimum absolute atomic E-state index is 0.0724. The molecule has 0 aliphatic heterocycles. The van der Waals surface area contributed by atoms with Gasteiger partial charge in [-0.1, -0.05) is 23.7 Å². The van der Waals surface area contributed by atoms with Gasteiger partial charge < -0.3 is 5.32 Å². The molecule has 0 bridgehead atoms. The summed E-state index contributed by atoms with van der Waals surface area (Å²) in [6.07, 6.45) is 3.75. The summed E-state index contributed by atoms with van der Waals surface area (Å²) in [6, 6.07) is 13.1. The van der Waals surface area contributed by atoms with Gasteiger partial charge in [0.2, 0.25) is 21.9 Å². The summed E-state index contributed by atoms with van der Waals surface area (Å²) in [4.78, 5) is 20.0. The van der Waals surface area contributed by atoms with Crippen LogP contribution < -0.4 is 14.3 Å². The second kappa shape index (κ2) is 9.51. The van der Waals surface area contributed by atoms with Gasteiger partial charge in [-0.25, -0.2) is 31.5 Å². The highest BCUT2D eigenvalue weighted by Crippen LogP contribution is 2.27. The third-order valence-corrected chi connectivity index (χ3v) is 6.84. The first kappa shape index (κ1) is 23.4. The Bertz CT molecular complexity index is 1320. The number of para-hydroxylation sites is 1. The van der Waals surface area contributed by atoms with Gasteiger partial charge in [-0.15, -0.1) is 0 Å². The number of carbonyl (C=O) groups excluding carboxylic acids is 1. The molecule has 0 saturated heterocycles. The normalized spacial score (nSPS) is 11.6. The predicted octanol–water partition coefficient (Wildman–Crippen LogP) is 2.34. The van der Waals surface area contributed by atoms with Crippen molar-refractivity contribution in [2.24, 2.45) is 0 Å². The number of aromatic nitrogens is 2. The van der Waals surface area contributed by atoms with Crippen molar-refractivity contribution < 1.29 is 21.6 Å². The van der Waals surface area contributed by atoms with E-state index in [0.29, 0.717) is 0 Å². The summed E-state index contributed by atoms with van der Waals surface area (Å²) in [5.74, 6) is -0.716. The van der Waals surface area contributed by atoms with Gasteiger partial charge in [0.05, 0.1) is 21.9 Å². The molecule has 0 radical (unpaired) electrons. The lowest BCUT2D eigenvalue weighted by atomic mass is 10.3. The molecule has 1 amide bonds. The quantitative estimate of drug-likeness (QED) is 0.489. The van der Waals surface area contributed by atoms with Crippen LogP contribution in [0.15, 0.2) is 71.9 Å². The first-order valence-electron chi connectivity index (χ1n) is 8.98. The van der Waals surface area contributed by atoms with E-state index in [1.807, 2.05) is 0 Å². The van der Waals surface area contributed by atoms with Crippen molar-refractivity contribution in [1.82, 2.24) is 9.97 Å². The number of amides is 1. The molecule has 168 valence electrons. The molecule has 3 aromatic rings. The number of benzene rings is 2. The van der Waals surface area contributed by atoms with Crippen molar-refractivity contribution in [2.75, 3.05) is 27.1 Å². The summed E-state index contributed by atoms with van der Waals surface area (Å²) in [5.41, 5.74) is 0.444. The molecule has 1 heterocycles. The van der Waals surface area contributed by atoms with Crippen molar-refractivity contribution in [3.8, 4) is 0 Å². The van der Waals surface area contributed by atoms with Crippen molar-refractivity contribution in [2.45, 2.75) is 4.90 Å². The summed E-state index contributed by atoms with van der Waals surface area (Å²) in [6.45, 7) is -0.518. The van der Waals surface area contributed by atoms with Gasteiger partial charge >= 0.3 is 0 Å². The van der Waals surface area contributed by atoms with Crippen LogP contribution in [0.1, 0.15) is 0 Å². The van der Waals surface area contributed by atoms with Crippen molar-refractivity contribution >= 4 is 54.9 Å². The SMILES string of the molecule is CS(=O)(=O)N(CC(=O)Nc1ccc(S(=O)(=O)Nc2ncccn2)cc1)c1ccccc1Cl. The molecule has 2 N–H and O–H groups in total. The van der Waals surface area contributed by atoms with Gasteiger partial charge in [0.15, 0.2) is 0 Å². The standard InChI is InChI=1S/C19H18ClN5O5S2/c1-31(27,28)25(17-6-3-2-5-16(17)20)13-18(26)23-14-7-9-15(10-8-14)32(29,30)24-19-21-11-4-12-22-19/h2-12H,13H2,1H3,(H,23,26)(H,21,22,24). The minimum Gasteiger partial charge on any atom is -0.325 e. The molecule has 0 fully saturated rings. The summed E-state index contributed by atoms with van der Waals surface area (Å²) >= 11 is 6.08. The van der Waals surface area contributed by atoms with Gasteiger partial charge in [-0.3, -0.25) is 9.10 Å². The number of hydrogen-bond acceptors (Lipinski definition) is 7. The Balaban J connectivity index is 1.72. The fraction of sp³-hybridized carbons (Fsp3) is 0.105. The van der Waals surface area contributed by atoms with Crippen LogP contribution in [0.3, 0.4) is 0 Å². The van der Waals surface area contributed by atoms with E-state index in [1.54, 1.807) is 18.2 Å². The zero-order valence-electron chi connectivity index (χ0n) is 16.6. The first-order valence-corrected chi connectivity index (χ1v) is 12.7. The van der Waals surface area contributed by atoms with Gasteiger partial charge in [-0.05, 0) is 42.5 Å². The Kier molecular flexibility index (Phi) is 6.96. The number of nitrogens with one attached hydrogen (secondary N) is 2. The molecule has 0 aliphatic rings. The molecule has 3 rings (SSSR count). The average Bonchev–Trinajstić information content (AvgIpc) is 2.73. The van der Waals surface area contributed by atoms with E-state index in [2.05, 4.69) is 20.0 Å². The lowest BCUT2D eigenvalue weighted by Crippen LogP contribution is -2.37. The minimum atomic E-state index is -3.93. The van der Waals surface area contributed by atoms with Crippen LogP contribution >= 0.6 is 11.6 Å². The molecule has 2 aromatic carbocycles. The summed E-state index contributed by atoms with van der Waals surface area (Å²) in [5, 5.41) is 2.71. The van der Waals surface area contributed by atoms with Crippen LogP contribution in [-0.2, 0) is 24.8 Å². The second-order valence-corrected chi connectivity index (χ2v) is 10.5. The van der Waals surface area contributed by atoms with Gasteiger partial charge in [0, 0.05) is 18.1 Å². The molecule has 0 unspecified atom stereocenters. The van der Waals surface area contributed by atoms with Crippen LogP contribution in [0.2, 0.25) is 5.02 Å². The Labute approximate surface area is 190 Å². The molecule has 0 aliphatic carbocycles. The monoisotopic (exact) mass is 495 g/mol. The van der Waals surface area contributed by atoms with Crippen molar-refractivity contribution in [3.63, 3.8) is 0 Å². The molecule has 32 heavy (non-hydrogen) atoms. The molecular formula is C19H18ClN5O5S2. The van der Waals surface area contributed by atoms with Gasteiger partial charge in [0.1, 0.15) is 6.54 Å². The highest BCUT2D eigenvalue weighted by molar-refractivity contribution is 7.92. The van der Waals surface area contributed by atoms with Crippen LogP contribution in [0.4, 0.5) is 17.3 Å². The third-order valence-electron chi connectivity index (χ3n) is 4.05.